The van der Waals surface area contributed by atoms with Gasteiger partial charge in [-0.25, -0.2) is 8.78 Å². The smallest absolute Gasteiger partial charge is 0.323 e. The summed E-state index contributed by atoms with van der Waals surface area (Å²) in [7, 11) is 0. The Morgan fingerprint density at radius 2 is 1.79 bits per heavy atom. The van der Waals surface area contributed by atoms with Gasteiger partial charge >= 0.3 is 11.9 Å². The van der Waals surface area contributed by atoms with Gasteiger partial charge in [0.2, 0.25) is 0 Å². The first kappa shape index (κ1) is 21.4. The van der Waals surface area contributed by atoms with Crippen molar-refractivity contribution in [1.29, 1.82) is 0 Å². The molecule has 1 N–H and O–H groups in total. The molecule has 8 heteroatoms. The molecular formula is C20H32F2N2O4. The third-order valence-electron chi connectivity index (χ3n) is 6.40. The highest BCUT2D eigenvalue weighted by Crippen LogP contribution is 2.41. The zero-order valence-corrected chi connectivity index (χ0v) is 16.8. The molecule has 1 saturated carbocycles. The van der Waals surface area contributed by atoms with E-state index in [0.717, 1.165) is 32.2 Å². The minimum Gasteiger partial charge on any atom is -0.465 e. The summed E-state index contributed by atoms with van der Waals surface area (Å²) in [6.07, 6.45) is 3.16. The van der Waals surface area contributed by atoms with Crippen molar-refractivity contribution in [3.63, 3.8) is 0 Å². The van der Waals surface area contributed by atoms with E-state index in [9.17, 15) is 18.4 Å². The normalized spacial score (nSPS) is 35.2. The lowest BCUT2D eigenvalue weighted by Crippen LogP contribution is -2.51. The zero-order valence-electron chi connectivity index (χ0n) is 16.8. The topological polar surface area (TPSA) is 67.9 Å². The van der Waals surface area contributed by atoms with E-state index in [2.05, 4.69) is 5.32 Å². The summed E-state index contributed by atoms with van der Waals surface area (Å²) in [4.78, 5) is 25.8. The maximum Gasteiger partial charge on any atom is 0.323 e. The van der Waals surface area contributed by atoms with E-state index >= 15 is 0 Å². The molecule has 2 heterocycles. The molecule has 3 fully saturated rings. The van der Waals surface area contributed by atoms with Crippen LogP contribution in [0.5, 0.6) is 0 Å². The molecule has 2 unspecified atom stereocenters. The summed E-state index contributed by atoms with van der Waals surface area (Å²) >= 11 is 0. The van der Waals surface area contributed by atoms with Gasteiger partial charge in [-0.05, 0) is 63.8 Å². The number of esters is 2. The van der Waals surface area contributed by atoms with Crippen molar-refractivity contribution in [2.24, 2.45) is 17.8 Å². The Kier molecular flexibility index (Phi) is 6.91. The average molecular weight is 402 g/mol. The standard InChI is InChI=1S/C20H32F2N2O4/c1-3-27-18(25)16-8-15-7-13(5-6-14(15)10-23-16)11-24-12-20(21,22)9-17(24)19(26)28-4-2/h13-17,23H,3-12H2,1-2H3/t13-,14-,15?,16?,17-/m0/s1. The maximum atomic E-state index is 14.0. The number of likely N-dealkylation sites (tertiary alicyclic amines) is 1. The van der Waals surface area contributed by atoms with E-state index in [1.165, 1.54) is 0 Å². The first-order valence-electron chi connectivity index (χ1n) is 10.5. The fraction of sp³-hybridized carbons (Fsp3) is 0.900. The summed E-state index contributed by atoms with van der Waals surface area (Å²) in [6, 6.07) is -1.13. The van der Waals surface area contributed by atoms with Crippen LogP contribution >= 0.6 is 0 Å². The second-order valence-corrected chi connectivity index (χ2v) is 8.41. The molecule has 0 spiro atoms. The Bertz CT molecular complexity index is 574. The number of carbonyl (C=O) groups is 2. The van der Waals surface area contributed by atoms with Crippen LogP contribution in [0.15, 0.2) is 0 Å². The van der Waals surface area contributed by atoms with Crippen LogP contribution in [0.1, 0.15) is 46.0 Å². The zero-order chi connectivity index (χ0) is 20.3. The van der Waals surface area contributed by atoms with Crippen LogP contribution < -0.4 is 5.32 Å². The summed E-state index contributed by atoms with van der Waals surface area (Å²) in [5, 5.41) is 3.29. The van der Waals surface area contributed by atoms with E-state index in [0.29, 0.717) is 25.0 Å². The molecule has 3 aliphatic rings. The lowest BCUT2D eigenvalue weighted by Gasteiger charge is -2.43. The second kappa shape index (κ2) is 9.03. The van der Waals surface area contributed by atoms with Gasteiger partial charge in [-0.3, -0.25) is 14.5 Å². The predicted octanol–water partition coefficient (Wildman–Crippen LogP) is 2.22. The van der Waals surface area contributed by atoms with Crippen molar-refractivity contribution in [2.75, 3.05) is 32.8 Å². The highest BCUT2D eigenvalue weighted by Gasteiger charge is 2.49. The molecule has 0 aromatic carbocycles. The third-order valence-corrected chi connectivity index (χ3v) is 6.40. The van der Waals surface area contributed by atoms with Crippen molar-refractivity contribution in [2.45, 2.75) is 64.0 Å². The Hall–Kier alpha value is -1.28. The van der Waals surface area contributed by atoms with Crippen molar-refractivity contribution >= 4 is 11.9 Å². The molecule has 160 valence electrons. The number of rotatable bonds is 6. The Morgan fingerprint density at radius 3 is 2.50 bits per heavy atom. The Morgan fingerprint density at radius 1 is 1.07 bits per heavy atom. The highest BCUT2D eigenvalue weighted by atomic mass is 19.3. The monoisotopic (exact) mass is 402 g/mol. The van der Waals surface area contributed by atoms with Crippen LogP contribution in [0, 0.1) is 17.8 Å². The molecule has 6 nitrogen and oxygen atoms in total. The number of hydrogen-bond donors (Lipinski definition) is 1. The second-order valence-electron chi connectivity index (χ2n) is 8.41. The average Bonchev–Trinajstić information content (AvgIpc) is 2.96. The Balaban J connectivity index is 1.59. The largest absolute Gasteiger partial charge is 0.465 e. The van der Waals surface area contributed by atoms with E-state index in [-0.39, 0.29) is 31.1 Å². The van der Waals surface area contributed by atoms with Crippen molar-refractivity contribution < 1.29 is 27.8 Å². The maximum absolute atomic E-state index is 14.0. The van der Waals surface area contributed by atoms with Crippen molar-refractivity contribution in [1.82, 2.24) is 10.2 Å². The quantitative estimate of drug-likeness (QED) is 0.687. The molecule has 2 aliphatic heterocycles. The first-order valence-corrected chi connectivity index (χ1v) is 10.5. The van der Waals surface area contributed by atoms with Crippen LogP contribution in [0.25, 0.3) is 0 Å². The molecule has 5 atom stereocenters. The van der Waals surface area contributed by atoms with Gasteiger partial charge in [0.25, 0.3) is 5.92 Å². The number of alkyl halides is 2. The van der Waals surface area contributed by atoms with Gasteiger partial charge in [-0.2, -0.15) is 0 Å². The predicted molar refractivity (Wildman–Crippen MR) is 98.9 cm³/mol. The summed E-state index contributed by atoms with van der Waals surface area (Å²) in [5.74, 6) is -2.44. The number of nitrogens with one attached hydrogen (secondary N) is 1. The van der Waals surface area contributed by atoms with Gasteiger partial charge in [-0.15, -0.1) is 0 Å². The van der Waals surface area contributed by atoms with Gasteiger partial charge in [0.1, 0.15) is 12.1 Å². The molecule has 0 aromatic rings. The first-order chi connectivity index (χ1) is 13.3. The van der Waals surface area contributed by atoms with Crippen LogP contribution in [0.4, 0.5) is 8.78 Å². The van der Waals surface area contributed by atoms with E-state index in [1.54, 1.807) is 18.7 Å². The molecule has 1 aliphatic carbocycles. The number of fused-ring (bicyclic) bond motifs is 1. The number of nitrogens with zero attached hydrogens (tertiary/aromatic N) is 1. The molecule has 2 saturated heterocycles. The summed E-state index contributed by atoms with van der Waals surface area (Å²) < 4.78 is 38.1. The molecule has 0 radical (unpaired) electrons. The van der Waals surface area contributed by atoms with Crippen LogP contribution in [-0.4, -0.2) is 67.7 Å². The van der Waals surface area contributed by atoms with Crippen LogP contribution in [0.3, 0.4) is 0 Å². The minimum absolute atomic E-state index is 0.199. The molecule has 3 rings (SSSR count). The Labute approximate surface area is 165 Å². The van der Waals surface area contributed by atoms with E-state index in [4.69, 9.17) is 9.47 Å². The SMILES string of the molecule is CCOC(=O)C1CC2C[C@@H](CN3CC(F)(F)C[C@H]3C(=O)OCC)CC[C@H]2CN1. The number of carbonyl (C=O) groups excluding carboxylic acids is 2. The molecule has 0 bridgehead atoms. The fourth-order valence-electron chi connectivity index (χ4n) is 5.13. The van der Waals surface area contributed by atoms with Crippen molar-refractivity contribution in [3.05, 3.63) is 0 Å². The molecule has 0 aromatic heterocycles. The number of halogens is 2. The van der Waals surface area contributed by atoms with Gasteiger partial charge < -0.3 is 14.8 Å². The van der Waals surface area contributed by atoms with Gasteiger partial charge in [-0.1, -0.05) is 0 Å². The van der Waals surface area contributed by atoms with Crippen molar-refractivity contribution in [3.8, 4) is 0 Å². The lowest BCUT2D eigenvalue weighted by atomic mass is 9.69. The summed E-state index contributed by atoms with van der Waals surface area (Å²) in [5.41, 5.74) is 0. The highest BCUT2D eigenvalue weighted by molar-refractivity contribution is 5.76. The third kappa shape index (κ3) is 5.00. The van der Waals surface area contributed by atoms with E-state index < -0.39 is 24.4 Å². The van der Waals surface area contributed by atoms with Crippen LogP contribution in [0.2, 0.25) is 0 Å². The number of ether oxygens (including phenoxy) is 2. The number of hydrogen-bond acceptors (Lipinski definition) is 6. The molecule has 0 amide bonds. The summed E-state index contributed by atoms with van der Waals surface area (Å²) in [6.45, 7) is 4.96. The van der Waals surface area contributed by atoms with E-state index in [1.807, 2.05) is 0 Å². The lowest BCUT2D eigenvalue weighted by molar-refractivity contribution is -0.149. The van der Waals surface area contributed by atoms with Gasteiger partial charge in [0.15, 0.2) is 0 Å². The van der Waals surface area contributed by atoms with Crippen LogP contribution in [-0.2, 0) is 19.1 Å². The van der Waals surface area contributed by atoms with Gasteiger partial charge in [0, 0.05) is 13.0 Å². The minimum atomic E-state index is -2.85. The number of piperidine rings is 1. The fourth-order valence-corrected chi connectivity index (χ4v) is 5.13. The molecular weight excluding hydrogens is 370 g/mol. The van der Waals surface area contributed by atoms with Gasteiger partial charge in [0.05, 0.1) is 19.8 Å². The molecule has 28 heavy (non-hydrogen) atoms.